The summed E-state index contributed by atoms with van der Waals surface area (Å²) >= 11 is 0. The van der Waals surface area contributed by atoms with Crippen molar-refractivity contribution in [1.82, 2.24) is 10.4 Å². The van der Waals surface area contributed by atoms with Gasteiger partial charge in [-0.25, -0.2) is 5.43 Å². The molecule has 0 bridgehead atoms. The molecule has 0 aliphatic carbocycles. The van der Waals surface area contributed by atoms with E-state index in [9.17, 15) is 14.9 Å². The molecule has 0 atom stereocenters. The van der Waals surface area contributed by atoms with Crippen LogP contribution in [-0.2, 0) is 0 Å². The largest absolute Gasteiger partial charge is 0.350 e. The summed E-state index contributed by atoms with van der Waals surface area (Å²) < 4.78 is 0. The number of carbonyl (C=O) groups excluding carboxylic acids is 1. The number of nitro groups is 1. The van der Waals surface area contributed by atoms with Crippen LogP contribution >= 0.6 is 0 Å². The minimum absolute atomic E-state index is 0.0396. The van der Waals surface area contributed by atoms with Gasteiger partial charge >= 0.3 is 0 Å². The molecule has 1 heterocycles. The number of H-pyrrole nitrogens is 1. The molecule has 0 aliphatic rings. The summed E-state index contributed by atoms with van der Waals surface area (Å²) in [6.07, 6.45) is 1.37. The second-order valence-electron chi connectivity index (χ2n) is 6.34. The first-order chi connectivity index (χ1) is 14.1. The average Bonchev–Trinajstić information content (AvgIpc) is 3.14. The van der Waals surface area contributed by atoms with Gasteiger partial charge in [0.05, 0.1) is 11.1 Å². The predicted molar refractivity (Wildman–Crippen MR) is 112 cm³/mol. The SMILES string of the molecule is O=C(N/N=C\c1cccc([N+](=O)[O-])c1)c1[nH]c2ccccc2c1-c1ccccc1. The van der Waals surface area contributed by atoms with Gasteiger partial charge in [-0.15, -0.1) is 0 Å². The van der Waals surface area contributed by atoms with Crippen LogP contribution in [0.2, 0.25) is 0 Å². The zero-order chi connectivity index (χ0) is 20.2. The van der Waals surface area contributed by atoms with Gasteiger partial charge in [0.1, 0.15) is 5.69 Å². The smallest absolute Gasteiger partial charge is 0.288 e. The summed E-state index contributed by atoms with van der Waals surface area (Å²) in [5.74, 6) is -0.401. The highest BCUT2D eigenvalue weighted by Crippen LogP contribution is 2.32. The first kappa shape index (κ1) is 18.1. The quantitative estimate of drug-likeness (QED) is 0.301. The number of benzene rings is 3. The third kappa shape index (κ3) is 3.74. The molecule has 4 rings (SSSR count). The Balaban J connectivity index is 1.64. The Bertz CT molecular complexity index is 1230. The number of rotatable bonds is 5. The molecule has 0 saturated carbocycles. The maximum Gasteiger partial charge on any atom is 0.288 e. The topological polar surface area (TPSA) is 100 Å². The third-order valence-electron chi connectivity index (χ3n) is 4.46. The number of fused-ring (bicyclic) bond motifs is 1. The van der Waals surface area contributed by atoms with Gasteiger partial charge in [-0.1, -0.05) is 60.7 Å². The number of hydrazone groups is 1. The number of para-hydroxylation sites is 1. The van der Waals surface area contributed by atoms with Crippen molar-refractivity contribution in [3.05, 3.63) is 100 Å². The van der Waals surface area contributed by atoms with E-state index >= 15 is 0 Å². The fourth-order valence-electron chi connectivity index (χ4n) is 3.16. The number of aromatic amines is 1. The van der Waals surface area contributed by atoms with Crippen molar-refractivity contribution >= 4 is 28.7 Å². The highest BCUT2D eigenvalue weighted by molar-refractivity contribution is 6.09. The van der Waals surface area contributed by atoms with Crippen LogP contribution in [0.4, 0.5) is 5.69 Å². The molecular weight excluding hydrogens is 368 g/mol. The zero-order valence-corrected chi connectivity index (χ0v) is 15.2. The van der Waals surface area contributed by atoms with E-state index < -0.39 is 10.8 Å². The Hall–Kier alpha value is -4.26. The van der Waals surface area contributed by atoms with Gasteiger partial charge in [0.25, 0.3) is 11.6 Å². The summed E-state index contributed by atoms with van der Waals surface area (Å²) in [6.45, 7) is 0. The number of nitrogens with one attached hydrogen (secondary N) is 2. The van der Waals surface area contributed by atoms with E-state index in [2.05, 4.69) is 15.5 Å². The van der Waals surface area contributed by atoms with E-state index in [0.29, 0.717) is 11.3 Å². The van der Waals surface area contributed by atoms with E-state index in [-0.39, 0.29) is 5.69 Å². The minimum atomic E-state index is -0.480. The molecule has 0 aliphatic heterocycles. The lowest BCUT2D eigenvalue weighted by atomic mass is 10.0. The van der Waals surface area contributed by atoms with Crippen molar-refractivity contribution < 1.29 is 9.72 Å². The number of amides is 1. The van der Waals surface area contributed by atoms with Crippen molar-refractivity contribution in [3.8, 4) is 11.1 Å². The van der Waals surface area contributed by atoms with Gasteiger partial charge in [0, 0.05) is 34.2 Å². The van der Waals surface area contributed by atoms with Crippen LogP contribution in [0, 0.1) is 10.1 Å². The Labute approximate surface area is 165 Å². The predicted octanol–water partition coefficient (Wildman–Crippen LogP) is 4.51. The van der Waals surface area contributed by atoms with Gasteiger partial charge in [0.15, 0.2) is 0 Å². The molecule has 0 spiro atoms. The first-order valence-electron chi connectivity index (χ1n) is 8.87. The monoisotopic (exact) mass is 384 g/mol. The number of nitro benzene ring substituents is 1. The Kier molecular flexibility index (Phi) is 4.86. The maximum absolute atomic E-state index is 12.8. The lowest BCUT2D eigenvalue weighted by molar-refractivity contribution is -0.384. The molecule has 7 heteroatoms. The van der Waals surface area contributed by atoms with E-state index in [1.807, 2.05) is 54.6 Å². The Morgan fingerprint density at radius 2 is 1.76 bits per heavy atom. The van der Waals surface area contributed by atoms with Crippen molar-refractivity contribution in [2.24, 2.45) is 5.10 Å². The van der Waals surface area contributed by atoms with Crippen LogP contribution in [0.3, 0.4) is 0 Å². The van der Waals surface area contributed by atoms with Crippen LogP contribution in [0.25, 0.3) is 22.0 Å². The van der Waals surface area contributed by atoms with Crippen LogP contribution < -0.4 is 5.43 Å². The Morgan fingerprint density at radius 3 is 2.55 bits per heavy atom. The number of non-ortho nitro benzene ring substituents is 1. The molecule has 0 fully saturated rings. The summed E-state index contributed by atoms with van der Waals surface area (Å²) in [7, 11) is 0. The van der Waals surface area contributed by atoms with Crippen LogP contribution in [0.5, 0.6) is 0 Å². The average molecular weight is 384 g/mol. The van der Waals surface area contributed by atoms with Gasteiger partial charge < -0.3 is 4.98 Å². The van der Waals surface area contributed by atoms with Crippen molar-refractivity contribution in [3.63, 3.8) is 0 Å². The number of hydrogen-bond acceptors (Lipinski definition) is 4. The lowest BCUT2D eigenvalue weighted by Crippen LogP contribution is -2.18. The van der Waals surface area contributed by atoms with E-state index in [1.54, 1.807) is 12.1 Å². The second-order valence-corrected chi connectivity index (χ2v) is 6.34. The van der Waals surface area contributed by atoms with Gasteiger partial charge in [-0.05, 0) is 11.6 Å². The molecule has 0 radical (unpaired) electrons. The first-order valence-corrected chi connectivity index (χ1v) is 8.87. The molecule has 7 nitrogen and oxygen atoms in total. The summed E-state index contributed by atoms with van der Waals surface area (Å²) in [5.41, 5.74) is 5.92. The van der Waals surface area contributed by atoms with Crippen molar-refractivity contribution in [2.75, 3.05) is 0 Å². The van der Waals surface area contributed by atoms with Gasteiger partial charge in [-0.2, -0.15) is 5.10 Å². The molecule has 1 amide bonds. The minimum Gasteiger partial charge on any atom is -0.350 e. The highest BCUT2D eigenvalue weighted by Gasteiger charge is 2.18. The van der Waals surface area contributed by atoms with Crippen LogP contribution in [0.1, 0.15) is 16.1 Å². The second kappa shape index (κ2) is 7.77. The standard InChI is InChI=1S/C22H16N4O3/c27-22(25-23-14-15-7-6-10-17(13-15)26(28)29)21-20(16-8-2-1-3-9-16)18-11-4-5-12-19(18)24-21/h1-14,24H,(H,25,27)/b23-14-. The van der Waals surface area contributed by atoms with E-state index in [4.69, 9.17) is 0 Å². The van der Waals surface area contributed by atoms with Crippen LogP contribution in [0.15, 0.2) is 84.0 Å². The summed E-state index contributed by atoms with van der Waals surface area (Å²) in [4.78, 5) is 26.4. The van der Waals surface area contributed by atoms with Gasteiger partial charge in [-0.3, -0.25) is 14.9 Å². The number of nitrogens with zero attached hydrogens (tertiary/aromatic N) is 2. The number of aromatic nitrogens is 1. The molecule has 3 aromatic carbocycles. The molecule has 2 N–H and O–H groups in total. The third-order valence-corrected chi connectivity index (χ3v) is 4.46. The molecular formula is C22H16N4O3. The molecule has 29 heavy (non-hydrogen) atoms. The van der Waals surface area contributed by atoms with Crippen molar-refractivity contribution in [2.45, 2.75) is 0 Å². The number of carbonyl (C=O) groups is 1. The molecule has 142 valence electrons. The number of hydrogen-bond donors (Lipinski definition) is 2. The lowest BCUT2D eigenvalue weighted by Gasteiger charge is -2.04. The summed E-state index contributed by atoms with van der Waals surface area (Å²) in [5, 5.41) is 15.8. The normalized spacial score (nSPS) is 11.0. The molecule has 0 saturated heterocycles. The molecule has 4 aromatic rings. The Morgan fingerprint density at radius 1 is 1.00 bits per heavy atom. The van der Waals surface area contributed by atoms with Gasteiger partial charge in [0.2, 0.25) is 0 Å². The zero-order valence-electron chi connectivity index (χ0n) is 15.2. The maximum atomic E-state index is 12.8. The van der Waals surface area contributed by atoms with E-state index in [0.717, 1.165) is 22.0 Å². The van der Waals surface area contributed by atoms with E-state index in [1.165, 1.54) is 18.3 Å². The molecule has 1 aromatic heterocycles. The fraction of sp³-hybridized carbons (Fsp3) is 0. The highest BCUT2D eigenvalue weighted by atomic mass is 16.6. The summed E-state index contributed by atoms with van der Waals surface area (Å²) in [6, 6.07) is 23.3. The van der Waals surface area contributed by atoms with Crippen LogP contribution in [-0.4, -0.2) is 22.0 Å². The van der Waals surface area contributed by atoms with Crippen molar-refractivity contribution in [1.29, 1.82) is 0 Å². The molecule has 0 unspecified atom stereocenters. The fourth-order valence-corrected chi connectivity index (χ4v) is 3.16.